The molecule has 0 saturated carbocycles. The molecule has 3 rings (SSSR count). The van der Waals surface area contributed by atoms with E-state index in [1.165, 1.54) is 5.69 Å². The molecule has 5 heteroatoms. The minimum Gasteiger partial charge on any atom is -0.372 e. The minimum absolute atomic E-state index is 0.302. The molecular formula is C20H23N5. The SMILES string of the molecule is CCN(CC)c1ccc(N=C2C(=N)N(c3ccccc3)N=C2C)cc1. The van der Waals surface area contributed by atoms with Crippen molar-refractivity contribution in [3.8, 4) is 0 Å². The summed E-state index contributed by atoms with van der Waals surface area (Å²) in [5.41, 5.74) is 4.25. The molecule has 1 aliphatic heterocycles. The average Bonchev–Trinajstić information content (AvgIpc) is 2.93. The molecule has 2 aromatic carbocycles. The summed E-state index contributed by atoms with van der Waals surface area (Å²) in [5.74, 6) is 0.302. The number of anilines is 2. The maximum absolute atomic E-state index is 8.42. The topological polar surface area (TPSA) is 55.1 Å². The van der Waals surface area contributed by atoms with Gasteiger partial charge in [-0.25, -0.2) is 10.0 Å². The second-order valence-electron chi connectivity index (χ2n) is 5.83. The maximum Gasteiger partial charge on any atom is 0.174 e. The van der Waals surface area contributed by atoms with E-state index in [1.807, 2.05) is 49.4 Å². The number of benzene rings is 2. The fourth-order valence-corrected chi connectivity index (χ4v) is 2.86. The number of hydrazone groups is 1. The van der Waals surface area contributed by atoms with Crippen LogP contribution < -0.4 is 9.91 Å². The zero-order valence-corrected chi connectivity index (χ0v) is 14.9. The van der Waals surface area contributed by atoms with Gasteiger partial charge in [-0.15, -0.1) is 0 Å². The van der Waals surface area contributed by atoms with Crippen molar-refractivity contribution in [3.63, 3.8) is 0 Å². The van der Waals surface area contributed by atoms with Crippen LogP contribution in [-0.4, -0.2) is 30.3 Å². The van der Waals surface area contributed by atoms with Crippen LogP contribution in [0.2, 0.25) is 0 Å². The van der Waals surface area contributed by atoms with Crippen molar-refractivity contribution in [2.24, 2.45) is 10.1 Å². The van der Waals surface area contributed by atoms with Crippen molar-refractivity contribution < 1.29 is 0 Å². The molecule has 0 spiro atoms. The molecule has 0 bridgehead atoms. The number of amidine groups is 1. The quantitative estimate of drug-likeness (QED) is 0.877. The predicted octanol–water partition coefficient (Wildman–Crippen LogP) is 4.48. The van der Waals surface area contributed by atoms with Crippen molar-refractivity contribution in [1.29, 1.82) is 5.41 Å². The Morgan fingerprint density at radius 1 is 1.00 bits per heavy atom. The van der Waals surface area contributed by atoms with E-state index < -0.39 is 0 Å². The van der Waals surface area contributed by atoms with Crippen LogP contribution in [0.1, 0.15) is 20.8 Å². The first-order chi connectivity index (χ1) is 12.1. The Bertz CT molecular complexity index is 802. The zero-order chi connectivity index (χ0) is 17.8. The highest BCUT2D eigenvalue weighted by molar-refractivity contribution is 6.72. The normalized spacial score (nSPS) is 15.6. The van der Waals surface area contributed by atoms with Gasteiger partial charge in [-0.3, -0.25) is 5.41 Å². The van der Waals surface area contributed by atoms with E-state index in [0.29, 0.717) is 11.5 Å². The average molecular weight is 333 g/mol. The zero-order valence-electron chi connectivity index (χ0n) is 14.9. The molecule has 0 saturated heterocycles. The molecule has 1 N–H and O–H groups in total. The number of para-hydroxylation sites is 1. The van der Waals surface area contributed by atoms with Gasteiger partial charge in [0.1, 0.15) is 5.71 Å². The fourth-order valence-electron chi connectivity index (χ4n) is 2.86. The van der Waals surface area contributed by atoms with Crippen LogP contribution in [0, 0.1) is 5.41 Å². The van der Waals surface area contributed by atoms with Crippen molar-refractivity contribution in [3.05, 3.63) is 54.6 Å². The summed E-state index contributed by atoms with van der Waals surface area (Å²) < 4.78 is 0. The van der Waals surface area contributed by atoms with Crippen LogP contribution in [0.3, 0.4) is 0 Å². The first-order valence-electron chi connectivity index (χ1n) is 8.57. The first-order valence-corrected chi connectivity index (χ1v) is 8.57. The van der Waals surface area contributed by atoms with Gasteiger partial charge in [-0.1, -0.05) is 18.2 Å². The van der Waals surface area contributed by atoms with E-state index in [1.54, 1.807) is 5.01 Å². The number of hydrogen-bond acceptors (Lipinski definition) is 4. The lowest BCUT2D eigenvalue weighted by Gasteiger charge is -2.20. The van der Waals surface area contributed by atoms with Gasteiger partial charge in [0.2, 0.25) is 0 Å². The largest absolute Gasteiger partial charge is 0.372 e. The van der Waals surface area contributed by atoms with Gasteiger partial charge in [0.15, 0.2) is 5.84 Å². The Hall–Kier alpha value is -2.95. The van der Waals surface area contributed by atoms with Crippen molar-refractivity contribution >= 4 is 34.3 Å². The lowest BCUT2D eigenvalue weighted by molar-refractivity contribution is 0.866. The number of aliphatic imine (C=N–C) groups is 1. The Morgan fingerprint density at radius 2 is 1.64 bits per heavy atom. The molecule has 25 heavy (non-hydrogen) atoms. The number of nitrogens with zero attached hydrogens (tertiary/aromatic N) is 4. The van der Waals surface area contributed by atoms with Crippen molar-refractivity contribution in [2.45, 2.75) is 20.8 Å². The second kappa shape index (κ2) is 7.30. The van der Waals surface area contributed by atoms with Crippen LogP contribution in [0.25, 0.3) is 0 Å². The Morgan fingerprint density at radius 3 is 2.24 bits per heavy atom. The van der Waals surface area contributed by atoms with E-state index >= 15 is 0 Å². The molecule has 0 atom stereocenters. The monoisotopic (exact) mass is 333 g/mol. The third-order valence-electron chi connectivity index (χ3n) is 4.25. The lowest BCUT2D eigenvalue weighted by atomic mass is 10.2. The summed E-state index contributed by atoms with van der Waals surface area (Å²) in [6.07, 6.45) is 0. The summed E-state index contributed by atoms with van der Waals surface area (Å²) in [5, 5.41) is 14.5. The summed E-state index contributed by atoms with van der Waals surface area (Å²) in [6, 6.07) is 17.8. The predicted molar refractivity (Wildman–Crippen MR) is 107 cm³/mol. The minimum atomic E-state index is 0.302. The summed E-state index contributed by atoms with van der Waals surface area (Å²) >= 11 is 0. The van der Waals surface area contributed by atoms with Crippen LogP contribution in [0.4, 0.5) is 17.1 Å². The van der Waals surface area contributed by atoms with Gasteiger partial charge < -0.3 is 4.90 Å². The summed E-state index contributed by atoms with van der Waals surface area (Å²) in [7, 11) is 0. The first kappa shape index (κ1) is 16.9. The van der Waals surface area contributed by atoms with Gasteiger partial charge in [0.25, 0.3) is 0 Å². The van der Waals surface area contributed by atoms with Crippen molar-refractivity contribution in [1.82, 2.24) is 0 Å². The summed E-state index contributed by atoms with van der Waals surface area (Å²) in [6.45, 7) is 8.14. The molecule has 0 unspecified atom stereocenters. The standard InChI is InChI=1S/C20H23N5/c1-4-24(5-2)17-13-11-16(12-14-17)22-19-15(3)23-25(20(19)21)18-9-7-6-8-10-18/h6-14,21H,4-5H2,1-3H3. The lowest BCUT2D eigenvalue weighted by Crippen LogP contribution is -2.26. The summed E-state index contributed by atoms with van der Waals surface area (Å²) in [4.78, 5) is 6.94. The van der Waals surface area contributed by atoms with Crippen LogP contribution in [0.5, 0.6) is 0 Å². The van der Waals surface area contributed by atoms with Crippen molar-refractivity contribution in [2.75, 3.05) is 23.0 Å². The molecule has 2 aromatic rings. The molecule has 1 aliphatic rings. The third kappa shape index (κ3) is 3.45. The highest BCUT2D eigenvalue weighted by atomic mass is 15.5. The van der Waals surface area contributed by atoms with Crippen LogP contribution in [0.15, 0.2) is 64.7 Å². The van der Waals surface area contributed by atoms with E-state index in [-0.39, 0.29) is 0 Å². The van der Waals surface area contributed by atoms with E-state index in [2.05, 4.69) is 41.0 Å². The van der Waals surface area contributed by atoms with E-state index in [0.717, 1.165) is 30.2 Å². The van der Waals surface area contributed by atoms with Crippen LogP contribution in [-0.2, 0) is 0 Å². The second-order valence-corrected chi connectivity index (χ2v) is 5.83. The van der Waals surface area contributed by atoms with Gasteiger partial charge in [0.05, 0.1) is 17.1 Å². The number of nitrogens with one attached hydrogen (secondary N) is 1. The van der Waals surface area contributed by atoms with Gasteiger partial charge in [-0.2, -0.15) is 5.10 Å². The van der Waals surface area contributed by atoms with Gasteiger partial charge in [0, 0.05) is 18.8 Å². The highest BCUT2D eigenvalue weighted by Gasteiger charge is 2.26. The van der Waals surface area contributed by atoms with Crippen LogP contribution >= 0.6 is 0 Å². The molecule has 128 valence electrons. The highest BCUT2D eigenvalue weighted by Crippen LogP contribution is 2.23. The number of hydrogen-bond donors (Lipinski definition) is 1. The smallest absolute Gasteiger partial charge is 0.174 e. The Labute approximate surface area is 148 Å². The Balaban J connectivity index is 1.84. The fraction of sp³-hybridized carbons (Fsp3) is 0.250. The molecule has 0 fully saturated rings. The third-order valence-corrected chi connectivity index (χ3v) is 4.25. The molecular weight excluding hydrogens is 310 g/mol. The van der Waals surface area contributed by atoms with E-state index in [4.69, 9.17) is 5.41 Å². The molecule has 0 amide bonds. The molecule has 1 heterocycles. The van der Waals surface area contributed by atoms with Gasteiger partial charge >= 0.3 is 0 Å². The molecule has 0 aliphatic carbocycles. The molecule has 0 radical (unpaired) electrons. The molecule has 5 nitrogen and oxygen atoms in total. The Kier molecular flexibility index (Phi) is 4.93. The van der Waals surface area contributed by atoms with E-state index in [9.17, 15) is 0 Å². The number of rotatable bonds is 5. The maximum atomic E-state index is 8.42. The molecule has 0 aromatic heterocycles. The van der Waals surface area contributed by atoms with Gasteiger partial charge in [-0.05, 0) is 57.2 Å².